The maximum absolute atomic E-state index is 12.7. The number of benzene rings is 2. The zero-order chi connectivity index (χ0) is 17.5. The summed E-state index contributed by atoms with van der Waals surface area (Å²) in [6.07, 6.45) is 0.684. The van der Waals surface area contributed by atoms with E-state index in [-0.39, 0.29) is 17.7 Å². The summed E-state index contributed by atoms with van der Waals surface area (Å²) >= 11 is 0. The molecule has 2 rings (SSSR count). The van der Waals surface area contributed by atoms with Crippen molar-refractivity contribution in [2.45, 2.75) is 26.2 Å². The molecule has 0 saturated carbocycles. The number of rotatable bonds is 6. The van der Waals surface area contributed by atoms with Crippen molar-refractivity contribution in [2.75, 3.05) is 17.7 Å². The molecule has 126 valence electrons. The Kier molecular flexibility index (Phi) is 5.95. The van der Waals surface area contributed by atoms with E-state index < -0.39 is 0 Å². The zero-order valence-corrected chi connectivity index (χ0v) is 14.1. The van der Waals surface area contributed by atoms with Crippen molar-refractivity contribution in [3.63, 3.8) is 0 Å². The number of methoxy groups -OCH3 is 1. The van der Waals surface area contributed by atoms with Crippen LogP contribution in [-0.4, -0.2) is 18.9 Å². The zero-order valence-electron chi connectivity index (χ0n) is 14.1. The Balaban J connectivity index is 2.24. The third-order valence-corrected chi connectivity index (χ3v) is 3.70. The minimum atomic E-state index is -0.250. The van der Waals surface area contributed by atoms with Gasteiger partial charge in [0.1, 0.15) is 5.75 Å². The van der Waals surface area contributed by atoms with Gasteiger partial charge in [0.25, 0.3) is 0 Å². The van der Waals surface area contributed by atoms with Crippen LogP contribution in [0.5, 0.6) is 5.75 Å². The van der Waals surface area contributed by atoms with E-state index in [1.54, 1.807) is 18.2 Å². The van der Waals surface area contributed by atoms with Crippen LogP contribution in [0.25, 0.3) is 0 Å². The first kappa shape index (κ1) is 17.5. The number of hydrogen-bond donors (Lipinski definition) is 2. The van der Waals surface area contributed by atoms with Gasteiger partial charge in [-0.3, -0.25) is 9.59 Å². The van der Waals surface area contributed by atoms with Crippen LogP contribution in [0.2, 0.25) is 0 Å². The van der Waals surface area contributed by atoms with Gasteiger partial charge < -0.3 is 15.4 Å². The predicted octanol–water partition coefficient (Wildman–Crippen LogP) is 3.79. The van der Waals surface area contributed by atoms with Gasteiger partial charge in [0.2, 0.25) is 11.8 Å². The van der Waals surface area contributed by atoms with Gasteiger partial charge in [-0.05, 0) is 30.2 Å². The highest BCUT2D eigenvalue weighted by molar-refractivity contribution is 5.98. The number of carbonyl (C=O) groups excluding carboxylic acids is 2. The number of hydrogen-bond acceptors (Lipinski definition) is 3. The highest BCUT2D eigenvalue weighted by atomic mass is 16.5. The molecule has 0 bridgehead atoms. The lowest BCUT2D eigenvalue weighted by molar-refractivity contribution is -0.117. The molecule has 0 fully saturated rings. The van der Waals surface area contributed by atoms with Gasteiger partial charge in [-0.15, -0.1) is 0 Å². The van der Waals surface area contributed by atoms with E-state index >= 15 is 0 Å². The Morgan fingerprint density at radius 3 is 2.38 bits per heavy atom. The Hall–Kier alpha value is -2.82. The smallest absolute Gasteiger partial charge is 0.232 e. The molecule has 0 radical (unpaired) electrons. The Morgan fingerprint density at radius 2 is 1.79 bits per heavy atom. The molecule has 0 aliphatic rings. The van der Waals surface area contributed by atoms with Gasteiger partial charge >= 0.3 is 0 Å². The fourth-order valence-electron chi connectivity index (χ4n) is 2.56. The van der Waals surface area contributed by atoms with Crippen LogP contribution in [-0.2, 0) is 9.59 Å². The summed E-state index contributed by atoms with van der Waals surface area (Å²) in [5.41, 5.74) is 2.10. The average molecular weight is 326 g/mol. The minimum absolute atomic E-state index is 0.109. The van der Waals surface area contributed by atoms with Crippen molar-refractivity contribution >= 4 is 23.2 Å². The molecular weight excluding hydrogens is 304 g/mol. The van der Waals surface area contributed by atoms with Crippen LogP contribution in [0.3, 0.4) is 0 Å². The van der Waals surface area contributed by atoms with Crippen LogP contribution >= 0.6 is 0 Å². The largest absolute Gasteiger partial charge is 0.495 e. The van der Waals surface area contributed by atoms with E-state index in [9.17, 15) is 9.59 Å². The van der Waals surface area contributed by atoms with Crippen molar-refractivity contribution in [2.24, 2.45) is 0 Å². The maximum Gasteiger partial charge on any atom is 0.232 e. The molecule has 1 atom stereocenters. The second-order valence-electron chi connectivity index (χ2n) is 5.46. The van der Waals surface area contributed by atoms with Gasteiger partial charge in [-0.2, -0.15) is 0 Å². The number of ether oxygens (including phenoxy) is 1. The third-order valence-electron chi connectivity index (χ3n) is 3.70. The first-order valence-corrected chi connectivity index (χ1v) is 7.86. The summed E-state index contributed by atoms with van der Waals surface area (Å²) < 4.78 is 5.30. The fourth-order valence-corrected chi connectivity index (χ4v) is 2.56. The molecule has 0 aliphatic heterocycles. The van der Waals surface area contributed by atoms with Gasteiger partial charge in [0.05, 0.1) is 18.7 Å². The quantitative estimate of drug-likeness (QED) is 0.849. The topological polar surface area (TPSA) is 67.4 Å². The molecule has 0 spiro atoms. The lowest BCUT2D eigenvalue weighted by Gasteiger charge is -2.17. The normalized spacial score (nSPS) is 11.5. The summed E-state index contributed by atoms with van der Waals surface area (Å²) in [5.74, 6) is 0.0100. The predicted molar refractivity (Wildman–Crippen MR) is 95.4 cm³/mol. The summed E-state index contributed by atoms with van der Waals surface area (Å²) in [5, 5.41) is 5.61. The van der Waals surface area contributed by atoms with Gasteiger partial charge in [0.15, 0.2) is 0 Å². The van der Waals surface area contributed by atoms with Crippen molar-refractivity contribution in [1.82, 2.24) is 0 Å². The van der Waals surface area contributed by atoms with Crippen molar-refractivity contribution in [3.8, 4) is 5.75 Å². The van der Waals surface area contributed by atoms with E-state index in [1.165, 1.54) is 14.0 Å². The molecule has 0 heterocycles. The standard InChI is InChI=1S/C19H22N2O3/c1-4-16(14-8-6-5-7-9-14)19(23)21-17-12-15(20-13(2)22)10-11-18(17)24-3/h5-12,16H,4H2,1-3H3,(H,20,22)(H,21,23)/t16-/m1/s1. The summed E-state index contributed by atoms with van der Waals surface area (Å²) in [4.78, 5) is 23.9. The van der Waals surface area contributed by atoms with Gasteiger partial charge in [-0.25, -0.2) is 0 Å². The lowest BCUT2D eigenvalue weighted by atomic mass is 9.95. The molecule has 0 aromatic heterocycles. The monoisotopic (exact) mass is 326 g/mol. The molecule has 5 heteroatoms. The molecule has 2 aromatic rings. The lowest BCUT2D eigenvalue weighted by Crippen LogP contribution is -2.21. The second kappa shape index (κ2) is 8.15. The Morgan fingerprint density at radius 1 is 1.08 bits per heavy atom. The molecule has 24 heavy (non-hydrogen) atoms. The molecule has 2 aromatic carbocycles. The van der Waals surface area contributed by atoms with Crippen LogP contribution < -0.4 is 15.4 Å². The average Bonchev–Trinajstić information content (AvgIpc) is 2.56. The number of anilines is 2. The molecular formula is C19H22N2O3. The molecule has 0 unspecified atom stereocenters. The first-order valence-electron chi connectivity index (χ1n) is 7.86. The van der Waals surface area contributed by atoms with Crippen LogP contribution in [0.1, 0.15) is 31.7 Å². The SMILES string of the molecule is CC[C@@H](C(=O)Nc1cc(NC(C)=O)ccc1OC)c1ccccc1. The van der Waals surface area contributed by atoms with E-state index in [0.29, 0.717) is 23.5 Å². The first-order chi connectivity index (χ1) is 11.5. The molecule has 2 N–H and O–H groups in total. The summed E-state index contributed by atoms with van der Waals surface area (Å²) in [6.45, 7) is 3.41. The Labute approximate surface area is 142 Å². The van der Waals surface area contributed by atoms with Crippen molar-refractivity contribution in [3.05, 3.63) is 54.1 Å². The van der Waals surface area contributed by atoms with Crippen molar-refractivity contribution in [1.29, 1.82) is 0 Å². The van der Waals surface area contributed by atoms with Crippen molar-refractivity contribution < 1.29 is 14.3 Å². The maximum atomic E-state index is 12.7. The number of amides is 2. The highest BCUT2D eigenvalue weighted by Gasteiger charge is 2.20. The Bertz CT molecular complexity index is 714. The number of carbonyl (C=O) groups is 2. The van der Waals surface area contributed by atoms with Crippen LogP contribution in [0.15, 0.2) is 48.5 Å². The third kappa shape index (κ3) is 4.35. The summed E-state index contributed by atoms with van der Waals surface area (Å²) in [6, 6.07) is 14.8. The molecule has 0 aliphatic carbocycles. The van der Waals surface area contributed by atoms with E-state index in [2.05, 4.69) is 10.6 Å². The molecule has 5 nitrogen and oxygen atoms in total. The molecule has 0 saturated heterocycles. The van der Waals surface area contributed by atoms with E-state index in [0.717, 1.165) is 5.56 Å². The van der Waals surface area contributed by atoms with Crippen LogP contribution in [0, 0.1) is 0 Å². The minimum Gasteiger partial charge on any atom is -0.495 e. The van der Waals surface area contributed by atoms with Crippen LogP contribution in [0.4, 0.5) is 11.4 Å². The summed E-state index contributed by atoms with van der Waals surface area (Å²) in [7, 11) is 1.54. The van der Waals surface area contributed by atoms with E-state index in [1.807, 2.05) is 37.3 Å². The van der Waals surface area contributed by atoms with Gasteiger partial charge in [0, 0.05) is 12.6 Å². The van der Waals surface area contributed by atoms with Gasteiger partial charge in [-0.1, -0.05) is 37.3 Å². The highest BCUT2D eigenvalue weighted by Crippen LogP contribution is 2.30. The molecule has 2 amide bonds. The second-order valence-corrected chi connectivity index (χ2v) is 5.46. The fraction of sp³-hybridized carbons (Fsp3) is 0.263. The van der Waals surface area contributed by atoms with E-state index in [4.69, 9.17) is 4.74 Å². The number of nitrogens with one attached hydrogen (secondary N) is 2.